The molecule has 3 aromatic rings. The molecule has 1 atom stereocenters. The van der Waals surface area contributed by atoms with E-state index < -0.39 is 0 Å². The van der Waals surface area contributed by atoms with Gasteiger partial charge in [0, 0.05) is 34.9 Å². The second-order valence-corrected chi connectivity index (χ2v) is 6.57. The van der Waals surface area contributed by atoms with Crippen molar-refractivity contribution in [3.05, 3.63) is 65.9 Å². The van der Waals surface area contributed by atoms with E-state index in [1.807, 2.05) is 42.5 Å². The van der Waals surface area contributed by atoms with Crippen molar-refractivity contribution >= 4 is 22.5 Å². The third-order valence-corrected chi connectivity index (χ3v) is 4.84. The molecule has 1 amide bonds. The number of H-pyrrole nitrogens is 1. The molecule has 2 heterocycles. The summed E-state index contributed by atoms with van der Waals surface area (Å²) in [6, 6.07) is 15.4. The number of amides is 1. The van der Waals surface area contributed by atoms with Crippen LogP contribution in [0.3, 0.4) is 0 Å². The van der Waals surface area contributed by atoms with Crippen LogP contribution in [0.25, 0.3) is 10.9 Å². The SMILES string of the molecule is CN1CCC(c2c[nH]c3ccc(NC(=O)c4ccccc4)cc23)C1. The number of carbonyl (C=O) groups is 1. The van der Waals surface area contributed by atoms with Crippen LogP contribution in [0.15, 0.2) is 54.7 Å². The summed E-state index contributed by atoms with van der Waals surface area (Å²) >= 11 is 0. The maximum Gasteiger partial charge on any atom is 0.255 e. The average Bonchev–Trinajstić information content (AvgIpc) is 3.21. The van der Waals surface area contributed by atoms with Crippen molar-refractivity contribution in [1.82, 2.24) is 9.88 Å². The first-order valence-electron chi connectivity index (χ1n) is 8.37. The third-order valence-electron chi connectivity index (χ3n) is 4.84. The number of benzene rings is 2. The molecule has 24 heavy (non-hydrogen) atoms. The predicted octanol–water partition coefficient (Wildman–Crippen LogP) is 3.84. The van der Waals surface area contributed by atoms with Crippen LogP contribution < -0.4 is 5.32 Å². The Labute approximate surface area is 141 Å². The highest BCUT2D eigenvalue weighted by Gasteiger charge is 2.23. The van der Waals surface area contributed by atoms with Gasteiger partial charge in [0.15, 0.2) is 0 Å². The van der Waals surface area contributed by atoms with E-state index in [0.29, 0.717) is 11.5 Å². The van der Waals surface area contributed by atoms with E-state index in [9.17, 15) is 4.79 Å². The molecule has 1 saturated heterocycles. The van der Waals surface area contributed by atoms with E-state index in [0.717, 1.165) is 24.3 Å². The fourth-order valence-electron chi connectivity index (χ4n) is 3.54. The smallest absolute Gasteiger partial charge is 0.255 e. The van der Waals surface area contributed by atoms with Gasteiger partial charge < -0.3 is 15.2 Å². The van der Waals surface area contributed by atoms with Crippen molar-refractivity contribution in [3.63, 3.8) is 0 Å². The van der Waals surface area contributed by atoms with Crippen molar-refractivity contribution in [1.29, 1.82) is 0 Å². The first kappa shape index (κ1) is 15.0. The van der Waals surface area contributed by atoms with Gasteiger partial charge in [-0.3, -0.25) is 4.79 Å². The Morgan fingerprint density at radius 1 is 1.21 bits per heavy atom. The Hall–Kier alpha value is -2.59. The Morgan fingerprint density at radius 2 is 2.04 bits per heavy atom. The van der Waals surface area contributed by atoms with E-state index in [1.54, 1.807) is 0 Å². The quantitative estimate of drug-likeness (QED) is 0.770. The van der Waals surface area contributed by atoms with Crippen LogP contribution in [0.5, 0.6) is 0 Å². The molecule has 2 aromatic carbocycles. The summed E-state index contributed by atoms with van der Waals surface area (Å²) in [5, 5.41) is 4.21. The molecule has 0 radical (unpaired) electrons. The lowest BCUT2D eigenvalue weighted by molar-refractivity contribution is 0.102. The molecular weight excluding hydrogens is 298 g/mol. The zero-order valence-electron chi connectivity index (χ0n) is 13.8. The molecule has 0 saturated carbocycles. The molecule has 2 N–H and O–H groups in total. The van der Waals surface area contributed by atoms with Crippen LogP contribution in [0.4, 0.5) is 5.69 Å². The average molecular weight is 319 g/mol. The number of nitrogens with zero attached hydrogens (tertiary/aromatic N) is 1. The van der Waals surface area contributed by atoms with E-state index >= 15 is 0 Å². The summed E-state index contributed by atoms with van der Waals surface area (Å²) < 4.78 is 0. The first-order valence-corrected chi connectivity index (χ1v) is 8.37. The summed E-state index contributed by atoms with van der Waals surface area (Å²) in [4.78, 5) is 18.1. The van der Waals surface area contributed by atoms with Gasteiger partial charge in [-0.05, 0) is 61.8 Å². The van der Waals surface area contributed by atoms with Gasteiger partial charge in [0.05, 0.1) is 0 Å². The maximum atomic E-state index is 12.3. The van der Waals surface area contributed by atoms with Gasteiger partial charge in [0.1, 0.15) is 0 Å². The normalized spacial score (nSPS) is 18.1. The Kier molecular flexibility index (Phi) is 3.82. The Morgan fingerprint density at radius 3 is 2.79 bits per heavy atom. The number of hydrogen-bond donors (Lipinski definition) is 2. The summed E-state index contributed by atoms with van der Waals surface area (Å²) in [6.07, 6.45) is 3.31. The van der Waals surface area contributed by atoms with Gasteiger partial charge in [-0.25, -0.2) is 0 Å². The molecule has 1 aliphatic rings. The number of likely N-dealkylation sites (N-methyl/N-ethyl adjacent to an activating group) is 1. The second-order valence-electron chi connectivity index (χ2n) is 6.57. The van der Waals surface area contributed by atoms with Crippen molar-refractivity contribution in [2.45, 2.75) is 12.3 Å². The second kappa shape index (κ2) is 6.13. The number of likely N-dealkylation sites (tertiary alicyclic amines) is 1. The Bertz CT molecular complexity index is 869. The first-order chi connectivity index (χ1) is 11.7. The summed E-state index contributed by atoms with van der Waals surface area (Å²) in [5.41, 5.74) is 3.98. The molecule has 4 heteroatoms. The van der Waals surface area contributed by atoms with Gasteiger partial charge in [-0.2, -0.15) is 0 Å². The van der Waals surface area contributed by atoms with Crippen molar-refractivity contribution in [3.8, 4) is 0 Å². The van der Waals surface area contributed by atoms with Gasteiger partial charge in [0.2, 0.25) is 0 Å². The minimum atomic E-state index is -0.0763. The van der Waals surface area contributed by atoms with E-state index in [2.05, 4.69) is 34.5 Å². The number of aromatic nitrogens is 1. The van der Waals surface area contributed by atoms with Crippen LogP contribution in [0.2, 0.25) is 0 Å². The van der Waals surface area contributed by atoms with Crippen molar-refractivity contribution < 1.29 is 4.79 Å². The summed E-state index contributed by atoms with van der Waals surface area (Å²) in [6.45, 7) is 2.23. The molecule has 1 fully saturated rings. The molecule has 4 nitrogen and oxygen atoms in total. The number of anilines is 1. The van der Waals surface area contributed by atoms with Gasteiger partial charge >= 0.3 is 0 Å². The minimum absolute atomic E-state index is 0.0763. The summed E-state index contributed by atoms with van der Waals surface area (Å²) in [5.74, 6) is 0.483. The topological polar surface area (TPSA) is 48.1 Å². The molecule has 4 rings (SSSR count). The molecule has 122 valence electrons. The monoisotopic (exact) mass is 319 g/mol. The molecular formula is C20H21N3O. The fourth-order valence-corrected chi connectivity index (χ4v) is 3.54. The number of aromatic amines is 1. The highest BCUT2D eigenvalue weighted by Crippen LogP contribution is 2.33. The number of nitrogens with one attached hydrogen (secondary N) is 2. The van der Waals surface area contributed by atoms with Gasteiger partial charge in [-0.15, -0.1) is 0 Å². The summed E-state index contributed by atoms with van der Waals surface area (Å²) in [7, 11) is 2.17. The van der Waals surface area contributed by atoms with Crippen LogP contribution in [0.1, 0.15) is 28.3 Å². The van der Waals surface area contributed by atoms with Crippen LogP contribution in [-0.2, 0) is 0 Å². The molecule has 1 unspecified atom stereocenters. The maximum absolute atomic E-state index is 12.3. The van der Waals surface area contributed by atoms with E-state index in [4.69, 9.17) is 0 Å². The van der Waals surface area contributed by atoms with Gasteiger partial charge in [-0.1, -0.05) is 18.2 Å². The molecule has 0 spiro atoms. The zero-order valence-corrected chi connectivity index (χ0v) is 13.8. The van der Waals surface area contributed by atoms with Crippen LogP contribution in [-0.4, -0.2) is 35.9 Å². The standard InChI is InChI=1S/C20H21N3O/c1-23-10-9-15(13-23)18-12-21-19-8-7-16(11-17(18)19)22-20(24)14-5-3-2-4-6-14/h2-8,11-12,15,21H,9-10,13H2,1H3,(H,22,24). The highest BCUT2D eigenvalue weighted by atomic mass is 16.1. The highest BCUT2D eigenvalue weighted by molar-refractivity contribution is 6.05. The number of fused-ring (bicyclic) bond motifs is 1. The van der Waals surface area contributed by atoms with Crippen molar-refractivity contribution in [2.75, 3.05) is 25.5 Å². The lowest BCUT2D eigenvalue weighted by Gasteiger charge is -2.10. The largest absolute Gasteiger partial charge is 0.361 e. The fraction of sp³-hybridized carbons (Fsp3) is 0.250. The zero-order chi connectivity index (χ0) is 16.5. The number of rotatable bonds is 3. The van der Waals surface area contributed by atoms with Crippen molar-refractivity contribution in [2.24, 2.45) is 0 Å². The third kappa shape index (κ3) is 2.81. The molecule has 1 aromatic heterocycles. The van der Waals surface area contributed by atoms with Crippen LogP contribution in [0, 0.1) is 0 Å². The molecule has 0 aliphatic carbocycles. The minimum Gasteiger partial charge on any atom is -0.361 e. The van der Waals surface area contributed by atoms with E-state index in [-0.39, 0.29) is 5.91 Å². The molecule has 0 bridgehead atoms. The number of carbonyl (C=O) groups excluding carboxylic acids is 1. The van der Waals surface area contributed by atoms with Crippen LogP contribution >= 0.6 is 0 Å². The van der Waals surface area contributed by atoms with Gasteiger partial charge in [0.25, 0.3) is 5.91 Å². The predicted molar refractivity (Wildman–Crippen MR) is 97.5 cm³/mol. The Balaban J connectivity index is 1.62. The molecule has 1 aliphatic heterocycles. The lowest BCUT2D eigenvalue weighted by atomic mass is 9.97. The number of hydrogen-bond acceptors (Lipinski definition) is 2. The lowest BCUT2D eigenvalue weighted by Crippen LogP contribution is -2.13. The van der Waals surface area contributed by atoms with E-state index in [1.165, 1.54) is 17.4 Å².